The number of urea groups is 1. The molecule has 2 N–H and O–H groups in total. The van der Waals surface area contributed by atoms with Gasteiger partial charge in [-0.05, 0) is 62.9 Å². The van der Waals surface area contributed by atoms with E-state index in [0.29, 0.717) is 29.6 Å². The Morgan fingerprint density at radius 2 is 2.03 bits per heavy atom. The first kappa shape index (κ1) is 23.0. The van der Waals surface area contributed by atoms with Gasteiger partial charge in [-0.15, -0.1) is 0 Å². The Morgan fingerprint density at radius 3 is 2.80 bits per heavy atom. The molecule has 1 atom stereocenters. The molecule has 9 nitrogen and oxygen atoms in total. The third-order valence-corrected chi connectivity index (χ3v) is 6.85. The number of rotatable bonds is 4. The number of amides is 2. The topological polar surface area (TPSA) is 104 Å². The second-order valence-corrected chi connectivity index (χ2v) is 9.10. The van der Waals surface area contributed by atoms with Crippen molar-refractivity contribution in [3.05, 3.63) is 48.2 Å². The minimum Gasteiger partial charge on any atom is -0.494 e. The van der Waals surface area contributed by atoms with Crippen molar-refractivity contribution < 1.29 is 23.8 Å². The van der Waals surface area contributed by atoms with Gasteiger partial charge in [-0.3, -0.25) is 0 Å². The van der Waals surface area contributed by atoms with E-state index >= 15 is 0 Å². The van der Waals surface area contributed by atoms with Crippen LogP contribution in [-0.2, 0) is 4.74 Å². The summed E-state index contributed by atoms with van der Waals surface area (Å²) in [5.41, 5.74) is 1.75. The minimum absolute atomic E-state index is 0.228. The molecule has 2 aromatic carbocycles. The summed E-state index contributed by atoms with van der Waals surface area (Å²) in [6.07, 6.45) is 7.06. The molecular formula is C26H30N4O5. The molecule has 5 rings (SSSR count). The molecule has 184 valence electrons. The van der Waals surface area contributed by atoms with Crippen molar-refractivity contribution in [1.29, 1.82) is 0 Å². The fourth-order valence-electron chi connectivity index (χ4n) is 5.24. The smallest absolute Gasteiger partial charge is 0.434 e. The van der Waals surface area contributed by atoms with Crippen LogP contribution in [0, 0.1) is 0 Å². The molecule has 0 bridgehead atoms. The average molecular weight is 479 g/mol. The maximum atomic E-state index is 13.2. The first-order chi connectivity index (χ1) is 17.0. The number of carbonyl (C=O) groups is 2. The number of hydrogen-bond acceptors (Lipinski definition) is 6. The van der Waals surface area contributed by atoms with Crippen molar-refractivity contribution in [2.45, 2.75) is 57.1 Å². The van der Waals surface area contributed by atoms with Crippen LogP contribution in [-0.4, -0.2) is 41.2 Å². The fraction of sp³-hybridized carbons (Fsp3) is 0.423. The van der Waals surface area contributed by atoms with Gasteiger partial charge in [0.1, 0.15) is 17.1 Å². The van der Waals surface area contributed by atoms with Gasteiger partial charge in [-0.1, -0.05) is 12.5 Å². The van der Waals surface area contributed by atoms with Crippen LogP contribution in [0.25, 0.3) is 10.9 Å². The number of ether oxygens (including phenoxy) is 3. The number of hydrogen-bond donors (Lipinski definition) is 2. The van der Waals surface area contributed by atoms with Gasteiger partial charge < -0.3 is 24.8 Å². The van der Waals surface area contributed by atoms with Crippen LogP contribution in [0.5, 0.6) is 11.5 Å². The number of anilines is 1. The van der Waals surface area contributed by atoms with Crippen LogP contribution in [0.3, 0.4) is 0 Å². The van der Waals surface area contributed by atoms with Crippen molar-refractivity contribution in [2.24, 2.45) is 0 Å². The normalized spacial score (nSPS) is 18.4. The number of nitrogens with zero attached hydrogens (tertiary/aromatic N) is 2. The van der Waals surface area contributed by atoms with E-state index < -0.39 is 6.09 Å². The van der Waals surface area contributed by atoms with Gasteiger partial charge in [0.05, 0.1) is 37.2 Å². The molecule has 35 heavy (non-hydrogen) atoms. The molecule has 1 fully saturated rings. The zero-order valence-corrected chi connectivity index (χ0v) is 20.0. The van der Waals surface area contributed by atoms with E-state index in [1.807, 2.05) is 25.1 Å². The van der Waals surface area contributed by atoms with Crippen LogP contribution in [0.1, 0.15) is 57.1 Å². The Labute approximate surface area is 203 Å². The van der Waals surface area contributed by atoms with Crippen molar-refractivity contribution >= 4 is 28.7 Å². The lowest BCUT2D eigenvalue weighted by Gasteiger charge is -2.44. The number of benzene rings is 2. The van der Waals surface area contributed by atoms with E-state index in [1.165, 1.54) is 19.7 Å². The Kier molecular flexibility index (Phi) is 6.23. The molecule has 0 radical (unpaired) electrons. The van der Waals surface area contributed by atoms with Gasteiger partial charge in [-0.25, -0.2) is 9.59 Å². The van der Waals surface area contributed by atoms with Crippen LogP contribution < -0.4 is 20.1 Å². The molecule has 1 aliphatic heterocycles. The third kappa shape index (κ3) is 4.50. The number of fused-ring (bicyclic) bond motifs is 2. The molecule has 9 heteroatoms. The van der Waals surface area contributed by atoms with Gasteiger partial charge in [0.25, 0.3) is 0 Å². The minimum atomic E-state index is -0.594. The Balaban J connectivity index is 1.40. The summed E-state index contributed by atoms with van der Waals surface area (Å²) >= 11 is 0. The van der Waals surface area contributed by atoms with Gasteiger partial charge in [0, 0.05) is 17.4 Å². The van der Waals surface area contributed by atoms with E-state index in [2.05, 4.69) is 15.7 Å². The lowest BCUT2D eigenvalue weighted by molar-refractivity contribution is -0.00113. The molecule has 2 heterocycles. The standard InChI is InChI=1S/C26H30N4O5/c1-3-34-17-10-11-23-18(14-17)21(15-26(35-23)12-5-4-6-13-26)29-24(31)28-20-8-7-9-22-19(20)16-27-30(22)25(32)33-2/h7-11,14,16,21H,3-6,12-13,15H2,1-2H3,(H2,28,29,31). The van der Waals surface area contributed by atoms with E-state index in [0.717, 1.165) is 47.4 Å². The van der Waals surface area contributed by atoms with Gasteiger partial charge in [0.2, 0.25) is 0 Å². The van der Waals surface area contributed by atoms with Crippen molar-refractivity contribution in [1.82, 2.24) is 15.1 Å². The van der Waals surface area contributed by atoms with Crippen molar-refractivity contribution in [3.63, 3.8) is 0 Å². The predicted octanol–water partition coefficient (Wildman–Crippen LogP) is 5.40. The second kappa shape index (κ2) is 9.48. The monoisotopic (exact) mass is 478 g/mol. The molecular weight excluding hydrogens is 448 g/mol. The summed E-state index contributed by atoms with van der Waals surface area (Å²) in [4.78, 5) is 25.2. The largest absolute Gasteiger partial charge is 0.494 e. The second-order valence-electron chi connectivity index (χ2n) is 9.10. The lowest BCUT2D eigenvalue weighted by Crippen LogP contribution is -2.47. The quantitative estimate of drug-likeness (QED) is 0.521. The molecule has 1 aliphatic carbocycles. The molecule has 0 saturated heterocycles. The lowest BCUT2D eigenvalue weighted by atomic mass is 9.77. The highest BCUT2D eigenvalue weighted by atomic mass is 16.5. The summed E-state index contributed by atoms with van der Waals surface area (Å²) in [5, 5.41) is 10.8. The Morgan fingerprint density at radius 1 is 1.20 bits per heavy atom. The zero-order chi connectivity index (χ0) is 24.4. The zero-order valence-electron chi connectivity index (χ0n) is 20.0. The predicted molar refractivity (Wildman–Crippen MR) is 131 cm³/mol. The highest BCUT2D eigenvalue weighted by molar-refractivity contribution is 6.02. The number of methoxy groups -OCH3 is 1. The summed E-state index contributed by atoms with van der Waals surface area (Å²) in [6, 6.07) is 10.5. The molecule has 1 aromatic heterocycles. The van der Waals surface area contributed by atoms with Crippen molar-refractivity contribution in [3.8, 4) is 11.5 Å². The molecule has 2 aliphatic rings. The molecule has 1 unspecified atom stereocenters. The van der Waals surface area contributed by atoms with E-state index in [4.69, 9.17) is 14.2 Å². The van der Waals surface area contributed by atoms with Crippen LogP contribution in [0.2, 0.25) is 0 Å². The van der Waals surface area contributed by atoms with Crippen LogP contribution in [0.15, 0.2) is 42.6 Å². The third-order valence-electron chi connectivity index (χ3n) is 6.85. The summed E-state index contributed by atoms with van der Waals surface area (Å²) < 4.78 is 18.2. The number of carbonyl (C=O) groups excluding carboxylic acids is 2. The molecule has 3 aromatic rings. The SMILES string of the molecule is CCOc1ccc2c(c1)C(NC(=O)Nc1cccc3c1cnn3C(=O)OC)CC1(CCCCC1)O2. The Bertz CT molecular complexity index is 1250. The molecule has 1 spiro atoms. The van der Waals surface area contributed by atoms with Gasteiger partial charge >= 0.3 is 12.1 Å². The van der Waals surface area contributed by atoms with Crippen LogP contribution in [0.4, 0.5) is 15.3 Å². The van der Waals surface area contributed by atoms with Crippen LogP contribution >= 0.6 is 0 Å². The van der Waals surface area contributed by atoms with E-state index in [9.17, 15) is 9.59 Å². The summed E-state index contributed by atoms with van der Waals surface area (Å²) in [7, 11) is 1.30. The molecule has 2 amide bonds. The summed E-state index contributed by atoms with van der Waals surface area (Å²) in [6.45, 7) is 2.50. The summed E-state index contributed by atoms with van der Waals surface area (Å²) in [5.74, 6) is 1.55. The van der Waals surface area contributed by atoms with E-state index in [1.54, 1.807) is 18.2 Å². The average Bonchev–Trinajstić information content (AvgIpc) is 3.30. The van der Waals surface area contributed by atoms with Gasteiger partial charge in [0.15, 0.2) is 0 Å². The van der Waals surface area contributed by atoms with Crippen molar-refractivity contribution in [2.75, 3.05) is 19.0 Å². The van der Waals surface area contributed by atoms with E-state index in [-0.39, 0.29) is 17.7 Å². The number of aromatic nitrogens is 2. The highest BCUT2D eigenvalue weighted by Crippen LogP contribution is 2.47. The first-order valence-corrected chi connectivity index (χ1v) is 12.1. The molecule has 1 saturated carbocycles. The number of nitrogens with one attached hydrogen (secondary N) is 2. The first-order valence-electron chi connectivity index (χ1n) is 12.1. The maximum absolute atomic E-state index is 13.2. The maximum Gasteiger partial charge on any atom is 0.434 e. The Hall–Kier alpha value is -3.75. The highest BCUT2D eigenvalue weighted by Gasteiger charge is 2.42. The fourth-order valence-corrected chi connectivity index (χ4v) is 5.24. The van der Waals surface area contributed by atoms with Gasteiger partial charge in [-0.2, -0.15) is 9.78 Å².